The van der Waals surface area contributed by atoms with E-state index in [1.807, 2.05) is 18.2 Å². The van der Waals surface area contributed by atoms with Gasteiger partial charge in [-0.05, 0) is 30.7 Å². The summed E-state index contributed by atoms with van der Waals surface area (Å²) in [6.45, 7) is 0. The van der Waals surface area contributed by atoms with Crippen LogP contribution in [-0.2, 0) is 6.42 Å². The SMILES string of the molecule is [O-]C1=N[C@@H](Cc2ccccc2)CC1. The van der Waals surface area contributed by atoms with Crippen molar-refractivity contribution in [3.05, 3.63) is 35.9 Å². The van der Waals surface area contributed by atoms with E-state index in [1.165, 1.54) is 5.56 Å². The van der Waals surface area contributed by atoms with Gasteiger partial charge in [0.1, 0.15) is 0 Å². The predicted octanol–water partition coefficient (Wildman–Crippen LogP) is 1.15. The lowest BCUT2D eigenvalue weighted by atomic mass is 10.0. The number of benzene rings is 1. The molecule has 0 spiro atoms. The molecule has 68 valence electrons. The second-order valence-corrected chi connectivity index (χ2v) is 3.41. The molecule has 0 saturated heterocycles. The molecular weight excluding hydrogens is 162 g/mol. The van der Waals surface area contributed by atoms with Crippen LogP contribution in [0.5, 0.6) is 0 Å². The molecule has 0 unspecified atom stereocenters. The highest BCUT2D eigenvalue weighted by Gasteiger charge is 2.12. The lowest BCUT2D eigenvalue weighted by molar-refractivity contribution is -0.217. The van der Waals surface area contributed by atoms with Crippen LogP contribution in [0, 0.1) is 0 Å². The Hall–Kier alpha value is -1.31. The van der Waals surface area contributed by atoms with Gasteiger partial charge in [0.05, 0.1) is 6.04 Å². The molecule has 0 aromatic heterocycles. The molecule has 0 aliphatic carbocycles. The first kappa shape index (κ1) is 8.30. The third-order valence-corrected chi connectivity index (χ3v) is 2.33. The summed E-state index contributed by atoms with van der Waals surface area (Å²) in [5.41, 5.74) is 1.27. The van der Waals surface area contributed by atoms with E-state index in [0.29, 0.717) is 6.42 Å². The fourth-order valence-electron chi connectivity index (χ4n) is 1.66. The quantitative estimate of drug-likeness (QED) is 0.662. The van der Waals surface area contributed by atoms with E-state index in [4.69, 9.17) is 0 Å². The molecule has 0 bridgehead atoms. The van der Waals surface area contributed by atoms with Crippen molar-refractivity contribution in [3.8, 4) is 0 Å². The van der Waals surface area contributed by atoms with Gasteiger partial charge in [0.15, 0.2) is 0 Å². The molecule has 0 N–H and O–H groups in total. The third kappa shape index (κ3) is 2.08. The summed E-state index contributed by atoms with van der Waals surface area (Å²) in [5.74, 6) is 0.0703. The molecule has 0 saturated carbocycles. The minimum atomic E-state index is 0.0703. The van der Waals surface area contributed by atoms with Crippen LogP contribution in [0.15, 0.2) is 35.3 Å². The van der Waals surface area contributed by atoms with Crippen molar-refractivity contribution < 1.29 is 5.11 Å². The van der Waals surface area contributed by atoms with Gasteiger partial charge in [-0.1, -0.05) is 30.3 Å². The Morgan fingerprint density at radius 2 is 2.08 bits per heavy atom. The minimum absolute atomic E-state index is 0.0703. The number of hydrogen-bond acceptors (Lipinski definition) is 2. The highest BCUT2D eigenvalue weighted by molar-refractivity contribution is 5.73. The smallest absolute Gasteiger partial charge is 0.0532 e. The van der Waals surface area contributed by atoms with E-state index >= 15 is 0 Å². The Labute approximate surface area is 77.9 Å². The normalized spacial score (nSPS) is 21.5. The zero-order valence-electron chi connectivity index (χ0n) is 7.44. The van der Waals surface area contributed by atoms with Crippen molar-refractivity contribution in [2.75, 3.05) is 0 Å². The molecule has 0 fully saturated rings. The average molecular weight is 174 g/mol. The van der Waals surface area contributed by atoms with Gasteiger partial charge in [0.25, 0.3) is 0 Å². The van der Waals surface area contributed by atoms with Gasteiger partial charge in [-0.2, -0.15) is 0 Å². The summed E-state index contributed by atoms with van der Waals surface area (Å²) >= 11 is 0. The number of aliphatic imine (C=N–C) groups is 1. The Balaban J connectivity index is 2.00. The summed E-state index contributed by atoms with van der Waals surface area (Å²) in [6.07, 6.45) is 2.47. The largest absolute Gasteiger partial charge is 0.862 e. The van der Waals surface area contributed by atoms with Gasteiger partial charge >= 0.3 is 0 Å². The Bertz CT molecular complexity index is 305. The van der Waals surface area contributed by atoms with Crippen LogP contribution in [0.2, 0.25) is 0 Å². The first-order chi connectivity index (χ1) is 6.34. The van der Waals surface area contributed by atoms with E-state index in [2.05, 4.69) is 17.1 Å². The predicted molar refractivity (Wildman–Crippen MR) is 50.6 cm³/mol. The summed E-state index contributed by atoms with van der Waals surface area (Å²) in [5, 5.41) is 10.9. The summed E-state index contributed by atoms with van der Waals surface area (Å²) in [6, 6.07) is 10.4. The molecule has 13 heavy (non-hydrogen) atoms. The minimum Gasteiger partial charge on any atom is -0.862 e. The van der Waals surface area contributed by atoms with E-state index in [0.717, 1.165) is 12.8 Å². The molecule has 0 radical (unpaired) electrons. The Kier molecular flexibility index (Phi) is 2.30. The maximum Gasteiger partial charge on any atom is 0.0532 e. The van der Waals surface area contributed by atoms with Crippen LogP contribution in [0.1, 0.15) is 18.4 Å². The van der Waals surface area contributed by atoms with E-state index in [9.17, 15) is 5.11 Å². The molecule has 1 heterocycles. The van der Waals surface area contributed by atoms with Gasteiger partial charge in [-0.3, -0.25) is 0 Å². The Morgan fingerprint density at radius 3 is 2.69 bits per heavy atom. The zero-order valence-corrected chi connectivity index (χ0v) is 7.44. The summed E-state index contributed by atoms with van der Waals surface area (Å²) < 4.78 is 0. The van der Waals surface area contributed by atoms with Crippen LogP contribution in [0.3, 0.4) is 0 Å². The van der Waals surface area contributed by atoms with Crippen LogP contribution in [-0.4, -0.2) is 11.9 Å². The molecule has 1 atom stereocenters. The summed E-state index contributed by atoms with van der Waals surface area (Å²) in [7, 11) is 0. The van der Waals surface area contributed by atoms with E-state index < -0.39 is 0 Å². The standard InChI is InChI=1S/C11H13NO/c13-11-7-6-10(12-11)8-9-4-2-1-3-5-9/h1-5,10H,6-8H2,(H,12,13)/p-1/t10-/m1/s1. The Morgan fingerprint density at radius 1 is 1.31 bits per heavy atom. The monoisotopic (exact) mass is 174 g/mol. The summed E-state index contributed by atoms with van der Waals surface area (Å²) in [4.78, 5) is 4.04. The molecule has 2 heteroatoms. The molecule has 1 aliphatic heterocycles. The molecule has 2 rings (SSSR count). The first-order valence-corrected chi connectivity index (χ1v) is 4.62. The second-order valence-electron chi connectivity index (χ2n) is 3.41. The highest BCUT2D eigenvalue weighted by atomic mass is 16.3. The van der Waals surface area contributed by atoms with Crippen LogP contribution in [0.4, 0.5) is 0 Å². The molecular formula is C11H12NO-. The molecule has 0 amide bonds. The van der Waals surface area contributed by atoms with Crippen molar-refractivity contribution in [1.82, 2.24) is 0 Å². The fourth-order valence-corrected chi connectivity index (χ4v) is 1.66. The number of rotatable bonds is 2. The van der Waals surface area contributed by atoms with Gasteiger partial charge in [0.2, 0.25) is 0 Å². The van der Waals surface area contributed by atoms with Gasteiger partial charge < -0.3 is 10.1 Å². The third-order valence-electron chi connectivity index (χ3n) is 2.33. The van der Waals surface area contributed by atoms with Crippen molar-refractivity contribution in [2.24, 2.45) is 4.99 Å². The second kappa shape index (κ2) is 3.60. The molecule has 1 aromatic carbocycles. The lowest BCUT2D eigenvalue weighted by Crippen LogP contribution is -2.13. The van der Waals surface area contributed by atoms with Crippen LogP contribution in [0.25, 0.3) is 0 Å². The van der Waals surface area contributed by atoms with Crippen LogP contribution < -0.4 is 5.11 Å². The van der Waals surface area contributed by atoms with E-state index in [1.54, 1.807) is 0 Å². The molecule has 2 nitrogen and oxygen atoms in total. The van der Waals surface area contributed by atoms with Gasteiger partial charge in [-0.25, -0.2) is 0 Å². The molecule has 1 aliphatic rings. The first-order valence-electron chi connectivity index (χ1n) is 4.62. The topological polar surface area (TPSA) is 35.4 Å². The van der Waals surface area contributed by atoms with Gasteiger partial charge in [-0.15, -0.1) is 0 Å². The maximum absolute atomic E-state index is 10.9. The van der Waals surface area contributed by atoms with E-state index in [-0.39, 0.29) is 11.9 Å². The zero-order chi connectivity index (χ0) is 9.10. The average Bonchev–Trinajstić information content (AvgIpc) is 2.53. The fraction of sp³-hybridized carbons (Fsp3) is 0.364. The van der Waals surface area contributed by atoms with Crippen molar-refractivity contribution >= 4 is 5.90 Å². The van der Waals surface area contributed by atoms with Crippen molar-refractivity contribution in [1.29, 1.82) is 0 Å². The number of hydrogen-bond donors (Lipinski definition) is 0. The van der Waals surface area contributed by atoms with Crippen LogP contribution >= 0.6 is 0 Å². The maximum atomic E-state index is 10.9. The van der Waals surface area contributed by atoms with Crippen molar-refractivity contribution in [2.45, 2.75) is 25.3 Å². The van der Waals surface area contributed by atoms with Crippen molar-refractivity contribution in [3.63, 3.8) is 0 Å². The number of nitrogens with zero attached hydrogens (tertiary/aromatic N) is 1. The molecule has 1 aromatic rings. The van der Waals surface area contributed by atoms with Gasteiger partial charge in [0, 0.05) is 0 Å². The highest BCUT2D eigenvalue weighted by Crippen LogP contribution is 2.15. The lowest BCUT2D eigenvalue weighted by Gasteiger charge is -2.06.